The molecule has 0 saturated heterocycles. The van der Waals surface area contributed by atoms with Gasteiger partial charge in [-0.15, -0.1) is 0 Å². The molecule has 1 unspecified atom stereocenters. The van der Waals surface area contributed by atoms with E-state index in [0.29, 0.717) is 11.5 Å². The van der Waals surface area contributed by atoms with Gasteiger partial charge in [0.05, 0.1) is 0 Å². The molecule has 1 atom stereocenters. The van der Waals surface area contributed by atoms with Crippen molar-refractivity contribution in [1.82, 2.24) is 0 Å². The van der Waals surface area contributed by atoms with Crippen LogP contribution in [0, 0.1) is 5.41 Å². The molecule has 2 N–H and O–H groups in total. The SMILES string of the molecule is C=C(CC)CC(N)C1(C)CCCC1. The van der Waals surface area contributed by atoms with Crippen LogP contribution >= 0.6 is 0 Å². The topological polar surface area (TPSA) is 26.0 Å². The third-order valence-electron chi connectivity index (χ3n) is 3.65. The molecule has 76 valence electrons. The minimum Gasteiger partial charge on any atom is -0.327 e. The maximum Gasteiger partial charge on any atom is 0.0130 e. The second-order valence-corrected chi connectivity index (χ2v) is 4.78. The highest BCUT2D eigenvalue weighted by molar-refractivity contribution is 5.01. The van der Waals surface area contributed by atoms with Crippen molar-refractivity contribution in [2.75, 3.05) is 0 Å². The molecule has 0 bridgehead atoms. The van der Waals surface area contributed by atoms with E-state index in [0.717, 1.165) is 12.8 Å². The normalized spacial score (nSPS) is 23.0. The Morgan fingerprint density at radius 2 is 2.00 bits per heavy atom. The maximum absolute atomic E-state index is 6.23. The summed E-state index contributed by atoms with van der Waals surface area (Å²) in [4.78, 5) is 0. The smallest absolute Gasteiger partial charge is 0.0130 e. The largest absolute Gasteiger partial charge is 0.327 e. The Morgan fingerprint density at radius 1 is 1.46 bits per heavy atom. The number of hydrogen-bond acceptors (Lipinski definition) is 1. The lowest BCUT2D eigenvalue weighted by Crippen LogP contribution is -2.37. The van der Waals surface area contributed by atoms with Crippen molar-refractivity contribution in [3.63, 3.8) is 0 Å². The number of hydrogen-bond donors (Lipinski definition) is 1. The first-order valence-corrected chi connectivity index (χ1v) is 5.51. The summed E-state index contributed by atoms with van der Waals surface area (Å²) in [6.45, 7) is 8.54. The quantitative estimate of drug-likeness (QED) is 0.662. The summed E-state index contributed by atoms with van der Waals surface area (Å²) in [5.41, 5.74) is 7.94. The molecule has 0 heterocycles. The van der Waals surface area contributed by atoms with Gasteiger partial charge in [-0.2, -0.15) is 0 Å². The Bertz CT molecular complexity index is 178. The van der Waals surface area contributed by atoms with Crippen LogP contribution in [0.3, 0.4) is 0 Å². The van der Waals surface area contributed by atoms with Gasteiger partial charge in [0, 0.05) is 6.04 Å². The number of nitrogens with two attached hydrogens (primary N) is 1. The highest BCUT2D eigenvalue weighted by atomic mass is 14.7. The lowest BCUT2D eigenvalue weighted by atomic mass is 9.78. The standard InChI is InChI=1S/C12H23N/c1-4-10(2)9-11(13)12(3)7-5-6-8-12/h11H,2,4-9,13H2,1,3H3. The highest BCUT2D eigenvalue weighted by Crippen LogP contribution is 2.41. The molecular formula is C12H23N. The fraction of sp³-hybridized carbons (Fsp3) is 0.833. The van der Waals surface area contributed by atoms with Gasteiger partial charge in [0.25, 0.3) is 0 Å². The first-order chi connectivity index (χ1) is 6.08. The van der Waals surface area contributed by atoms with Gasteiger partial charge in [0.1, 0.15) is 0 Å². The van der Waals surface area contributed by atoms with E-state index in [1.807, 2.05) is 0 Å². The van der Waals surface area contributed by atoms with Crippen LogP contribution in [0.25, 0.3) is 0 Å². The van der Waals surface area contributed by atoms with Crippen LogP contribution in [0.4, 0.5) is 0 Å². The summed E-state index contributed by atoms with van der Waals surface area (Å²) in [6.07, 6.45) is 7.44. The van der Waals surface area contributed by atoms with E-state index in [9.17, 15) is 0 Å². The van der Waals surface area contributed by atoms with E-state index in [1.165, 1.54) is 31.3 Å². The summed E-state index contributed by atoms with van der Waals surface area (Å²) < 4.78 is 0. The van der Waals surface area contributed by atoms with Crippen molar-refractivity contribution >= 4 is 0 Å². The first-order valence-electron chi connectivity index (χ1n) is 5.51. The number of rotatable bonds is 4. The second-order valence-electron chi connectivity index (χ2n) is 4.78. The van der Waals surface area contributed by atoms with Crippen LogP contribution in [-0.4, -0.2) is 6.04 Å². The molecule has 0 amide bonds. The van der Waals surface area contributed by atoms with Crippen molar-refractivity contribution in [2.24, 2.45) is 11.1 Å². The van der Waals surface area contributed by atoms with E-state index in [-0.39, 0.29) is 0 Å². The molecule has 0 spiro atoms. The van der Waals surface area contributed by atoms with E-state index < -0.39 is 0 Å². The summed E-state index contributed by atoms with van der Waals surface area (Å²) in [5.74, 6) is 0. The van der Waals surface area contributed by atoms with Gasteiger partial charge >= 0.3 is 0 Å². The third kappa shape index (κ3) is 2.57. The average Bonchev–Trinajstić information content (AvgIpc) is 2.53. The summed E-state index contributed by atoms with van der Waals surface area (Å²) in [5, 5.41) is 0. The minimum atomic E-state index is 0.336. The van der Waals surface area contributed by atoms with Crippen molar-refractivity contribution in [1.29, 1.82) is 0 Å². The van der Waals surface area contributed by atoms with Crippen molar-refractivity contribution < 1.29 is 0 Å². The molecule has 1 rings (SSSR count). The summed E-state index contributed by atoms with van der Waals surface area (Å²) >= 11 is 0. The fourth-order valence-corrected chi connectivity index (χ4v) is 2.26. The van der Waals surface area contributed by atoms with Crippen LogP contribution in [-0.2, 0) is 0 Å². The molecule has 1 aliphatic carbocycles. The monoisotopic (exact) mass is 181 g/mol. The van der Waals surface area contributed by atoms with Gasteiger partial charge in [-0.3, -0.25) is 0 Å². The van der Waals surface area contributed by atoms with Gasteiger partial charge in [0.15, 0.2) is 0 Å². The zero-order valence-corrected chi connectivity index (χ0v) is 9.10. The van der Waals surface area contributed by atoms with Gasteiger partial charge < -0.3 is 5.73 Å². The summed E-state index contributed by atoms with van der Waals surface area (Å²) in [6, 6.07) is 0.336. The lowest BCUT2D eigenvalue weighted by molar-refractivity contribution is 0.259. The van der Waals surface area contributed by atoms with Crippen LogP contribution in [0.2, 0.25) is 0 Å². The van der Waals surface area contributed by atoms with Gasteiger partial charge in [-0.1, -0.05) is 38.8 Å². The van der Waals surface area contributed by atoms with E-state index in [2.05, 4.69) is 20.4 Å². The van der Waals surface area contributed by atoms with Crippen molar-refractivity contribution in [3.8, 4) is 0 Å². The first kappa shape index (κ1) is 10.8. The molecule has 13 heavy (non-hydrogen) atoms. The maximum atomic E-state index is 6.23. The Balaban J connectivity index is 2.46. The Hall–Kier alpha value is -0.300. The molecule has 0 aromatic rings. The third-order valence-corrected chi connectivity index (χ3v) is 3.65. The van der Waals surface area contributed by atoms with E-state index >= 15 is 0 Å². The Kier molecular flexibility index (Phi) is 3.55. The Morgan fingerprint density at radius 3 is 2.46 bits per heavy atom. The van der Waals surface area contributed by atoms with E-state index in [1.54, 1.807) is 0 Å². The van der Waals surface area contributed by atoms with Gasteiger partial charge in [-0.05, 0) is 31.1 Å². The molecule has 1 aliphatic rings. The van der Waals surface area contributed by atoms with Gasteiger partial charge in [0.2, 0.25) is 0 Å². The summed E-state index contributed by atoms with van der Waals surface area (Å²) in [7, 11) is 0. The fourth-order valence-electron chi connectivity index (χ4n) is 2.26. The predicted molar refractivity (Wildman–Crippen MR) is 58.6 cm³/mol. The molecule has 1 heteroatoms. The van der Waals surface area contributed by atoms with Crippen molar-refractivity contribution in [2.45, 2.75) is 58.4 Å². The zero-order chi connectivity index (χ0) is 9.90. The van der Waals surface area contributed by atoms with Crippen LogP contribution in [0.1, 0.15) is 52.4 Å². The molecule has 1 fully saturated rings. The van der Waals surface area contributed by atoms with Gasteiger partial charge in [-0.25, -0.2) is 0 Å². The van der Waals surface area contributed by atoms with E-state index in [4.69, 9.17) is 5.73 Å². The zero-order valence-electron chi connectivity index (χ0n) is 9.10. The minimum absolute atomic E-state index is 0.336. The van der Waals surface area contributed by atoms with Crippen LogP contribution < -0.4 is 5.73 Å². The second kappa shape index (κ2) is 4.28. The predicted octanol–water partition coefficient (Wildman–Crippen LogP) is 3.25. The van der Waals surface area contributed by atoms with Crippen LogP contribution in [0.5, 0.6) is 0 Å². The molecule has 0 aromatic carbocycles. The molecule has 1 saturated carbocycles. The Labute approximate surface area is 82.4 Å². The van der Waals surface area contributed by atoms with Crippen LogP contribution in [0.15, 0.2) is 12.2 Å². The molecular weight excluding hydrogens is 158 g/mol. The lowest BCUT2D eigenvalue weighted by Gasteiger charge is -2.31. The van der Waals surface area contributed by atoms with Crippen molar-refractivity contribution in [3.05, 3.63) is 12.2 Å². The molecule has 0 aromatic heterocycles. The molecule has 1 nitrogen and oxygen atoms in total. The molecule has 0 aliphatic heterocycles. The average molecular weight is 181 g/mol. The highest BCUT2D eigenvalue weighted by Gasteiger charge is 2.34. The molecule has 0 radical (unpaired) electrons.